The van der Waals surface area contributed by atoms with Crippen molar-refractivity contribution in [2.45, 2.75) is 25.8 Å². The van der Waals surface area contributed by atoms with E-state index in [1.165, 1.54) is 0 Å². The minimum Gasteiger partial charge on any atom is -0.375 e. The van der Waals surface area contributed by atoms with Crippen molar-refractivity contribution in [1.82, 2.24) is 10.6 Å². The molecular weight excluding hydrogens is 326 g/mol. The topological polar surface area (TPSA) is 61.4 Å². The minimum atomic E-state index is -0.213. The summed E-state index contributed by atoms with van der Waals surface area (Å²) < 4.78 is 0. The lowest BCUT2D eigenvalue weighted by Crippen LogP contribution is -2.37. The number of para-hydroxylation sites is 1. The smallest absolute Gasteiger partial charge is 0.251 e. The fourth-order valence-electron chi connectivity index (χ4n) is 2.65. The molecule has 0 spiro atoms. The Balaban J connectivity index is 1.63. The van der Waals surface area contributed by atoms with Crippen LogP contribution < -0.4 is 15.5 Å². The van der Waals surface area contributed by atoms with E-state index in [0.717, 1.165) is 18.7 Å². The van der Waals surface area contributed by atoms with Crippen molar-refractivity contribution >= 4 is 17.5 Å². The van der Waals surface area contributed by atoms with Gasteiger partial charge in [-0.3, -0.25) is 9.59 Å². The van der Waals surface area contributed by atoms with E-state index in [1.54, 1.807) is 12.1 Å². The van der Waals surface area contributed by atoms with Crippen molar-refractivity contribution in [1.29, 1.82) is 0 Å². The van der Waals surface area contributed by atoms with Crippen LogP contribution in [0.2, 0.25) is 0 Å². The van der Waals surface area contributed by atoms with Crippen LogP contribution in [0.25, 0.3) is 0 Å². The number of nitrogens with one attached hydrogen (secondary N) is 2. The SMILES string of the molecule is CC(CC(=O)NCCCN(C)c1ccccc1)NC(=O)c1ccccc1. The Morgan fingerprint density at radius 2 is 1.62 bits per heavy atom. The molecule has 2 N–H and O–H groups in total. The van der Waals surface area contributed by atoms with E-state index in [-0.39, 0.29) is 24.3 Å². The highest BCUT2D eigenvalue weighted by atomic mass is 16.2. The zero-order chi connectivity index (χ0) is 18.8. The molecule has 138 valence electrons. The maximum Gasteiger partial charge on any atom is 0.251 e. The van der Waals surface area contributed by atoms with E-state index in [0.29, 0.717) is 12.1 Å². The molecule has 0 radical (unpaired) electrons. The fraction of sp³-hybridized carbons (Fsp3) is 0.333. The lowest BCUT2D eigenvalue weighted by atomic mass is 10.1. The van der Waals surface area contributed by atoms with Crippen LogP contribution in [0.3, 0.4) is 0 Å². The normalized spacial score (nSPS) is 11.5. The van der Waals surface area contributed by atoms with Crippen molar-refractivity contribution in [3.05, 3.63) is 66.2 Å². The number of nitrogens with zero attached hydrogens (tertiary/aromatic N) is 1. The Hall–Kier alpha value is -2.82. The number of carbonyl (C=O) groups excluding carboxylic acids is 2. The van der Waals surface area contributed by atoms with E-state index in [4.69, 9.17) is 0 Å². The van der Waals surface area contributed by atoms with Crippen LogP contribution in [-0.4, -0.2) is 38.0 Å². The molecule has 0 bridgehead atoms. The summed E-state index contributed by atoms with van der Waals surface area (Å²) in [4.78, 5) is 26.2. The molecule has 0 saturated carbocycles. The molecule has 1 unspecified atom stereocenters. The van der Waals surface area contributed by atoms with E-state index in [9.17, 15) is 9.59 Å². The van der Waals surface area contributed by atoms with Gasteiger partial charge in [0.2, 0.25) is 5.91 Å². The van der Waals surface area contributed by atoms with Gasteiger partial charge in [0.25, 0.3) is 5.91 Å². The highest BCUT2D eigenvalue weighted by Gasteiger charge is 2.12. The van der Waals surface area contributed by atoms with Crippen LogP contribution >= 0.6 is 0 Å². The molecule has 5 heteroatoms. The number of anilines is 1. The largest absolute Gasteiger partial charge is 0.375 e. The van der Waals surface area contributed by atoms with Gasteiger partial charge in [0, 0.05) is 43.9 Å². The predicted molar refractivity (Wildman–Crippen MR) is 105 cm³/mol. The standard InChI is InChI=1S/C21H27N3O2/c1-17(23-21(26)18-10-5-3-6-11-18)16-20(25)22-14-9-15-24(2)19-12-7-4-8-13-19/h3-8,10-13,17H,9,14-16H2,1-2H3,(H,22,25)(H,23,26). The molecule has 0 fully saturated rings. The summed E-state index contributed by atoms with van der Waals surface area (Å²) in [5.74, 6) is -0.205. The van der Waals surface area contributed by atoms with Gasteiger partial charge in [0.15, 0.2) is 0 Å². The van der Waals surface area contributed by atoms with E-state index < -0.39 is 0 Å². The van der Waals surface area contributed by atoms with Crippen LogP contribution in [0.15, 0.2) is 60.7 Å². The average Bonchev–Trinajstić information content (AvgIpc) is 2.66. The third-order valence-corrected chi connectivity index (χ3v) is 4.09. The summed E-state index contributed by atoms with van der Waals surface area (Å²) in [5, 5.41) is 5.77. The first-order valence-corrected chi connectivity index (χ1v) is 8.95. The number of hydrogen-bond donors (Lipinski definition) is 2. The Kier molecular flexibility index (Phi) is 7.68. The maximum absolute atomic E-state index is 12.1. The molecule has 2 aromatic rings. The Morgan fingerprint density at radius 1 is 1.00 bits per heavy atom. The zero-order valence-corrected chi connectivity index (χ0v) is 15.4. The van der Waals surface area contributed by atoms with Crippen molar-refractivity contribution in [2.75, 3.05) is 25.0 Å². The first-order chi connectivity index (χ1) is 12.6. The fourth-order valence-corrected chi connectivity index (χ4v) is 2.65. The molecule has 0 aliphatic carbocycles. The number of carbonyl (C=O) groups is 2. The third-order valence-electron chi connectivity index (χ3n) is 4.09. The second-order valence-electron chi connectivity index (χ2n) is 6.41. The summed E-state index contributed by atoms with van der Waals surface area (Å²) in [6.07, 6.45) is 1.13. The van der Waals surface area contributed by atoms with Crippen LogP contribution in [-0.2, 0) is 4.79 Å². The van der Waals surface area contributed by atoms with Crippen LogP contribution in [0.5, 0.6) is 0 Å². The van der Waals surface area contributed by atoms with Crippen molar-refractivity contribution in [2.24, 2.45) is 0 Å². The van der Waals surface area contributed by atoms with E-state index in [1.807, 2.05) is 50.4 Å². The van der Waals surface area contributed by atoms with Crippen LogP contribution in [0, 0.1) is 0 Å². The molecule has 0 aliphatic rings. The highest BCUT2D eigenvalue weighted by molar-refractivity contribution is 5.94. The predicted octanol–water partition coefficient (Wildman–Crippen LogP) is 2.84. The molecule has 2 amide bonds. The summed E-state index contributed by atoms with van der Waals surface area (Å²) >= 11 is 0. The maximum atomic E-state index is 12.1. The lowest BCUT2D eigenvalue weighted by molar-refractivity contribution is -0.121. The van der Waals surface area contributed by atoms with Gasteiger partial charge >= 0.3 is 0 Å². The molecular formula is C21H27N3O2. The van der Waals surface area contributed by atoms with Gasteiger partial charge in [0.1, 0.15) is 0 Å². The number of amides is 2. The third kappa shape index (κ3) is 6.59. The second kappa shape index (κ2) is 10.2. The summed E-state index contributed by atoms with van der Waals surface area (Å²) in [6.45, 7) is 3.32. The van der Waals surface area contributed by atoms with Gasteiger partial charge in [-0.2, -0.15) is 0 Å². The quantitative estimate of drug-likeness (QED) is 0.682. The molecule has 26 heavy (non-hydrogen) atoms. The van der Waals surface area contributed by atoms with Crippen LogP contribution in [0.4, 0.5) is 5.69 Å². The van der Waals surface area contributed by atoms with Gasteiger partial charge in [-0.25, -0.2) is 0 Å². The van der Waals surface area contributed by atoms with Crippen molar-refractivity contribution in [3.63, 3.8) is 0 Å². The molecule has 0 saturated heterocycles. The molecule has 2 rings (SSSR count). The minimum absolute atomic E-state index is 0.0479. The highest BCUT2D eigenvalue weighted by Crippen LogP contribution is 2.10. The molecule has 0 aromatic heterocycles. The van der Waals surface area contributed by atoms with E-state index >= 15 is 0 Å². The zero-order valence-electron chi connectivity index (χ0n) is 15.4. The summed E-state index contributed by atoms with van der Waals surface area (Å²) in [6, 6.07) is 18.9. The first kappa shape index (κ1) is 19.5. The number of rotatable bonds is 9. The molecule has 5 nitrogen and oxygen atoms in total. The molecule has 0 aliphatic heterocycles. The van der Waals surface area contributed by atoms with Crippen molar-refractivity contribution in [3.8, 4) is 0 Å². The molecule has 0 heterocycles. The Morgan fingerprint density at radius 3 is 2.27 bits per heavy atom. The summed E-state index contributed by atoms with van der Waals surface area (Å²) in [5.41, 5.74) is 1.76. The van der Waals surface area contributed by atoms with Crippen LogP contribution in [0.1, 0.15) is 30.1 Å². The summed E-state index contributed by atoms with van der Waals surface area (Å²) in [7, 11) is 2.04. The van der Waals surface area contributed by atoms with Gasteiger partial charge in [-0.05, 0) is 37.6 Å². The molecule has 2 aromatic carbocycles. The van der Waals surface area contributed by atoms with Gasteiger partial charge in [0.05, 0.1) is 0 Å². The van der Waals surface area contributed by atoms with Gasteiger partial charge in [-0.15, -0.1) is 0 Å². The Bertz CT molecular complexity index is 689. The second-order valence-corrected chi connectivity index (χ2v) is 6.41. The number of hydrogen-bond acceptors (Lipinski definition) is 3. The lowest BCUT2D eigenvalue weighted by Gasteiger charge is -2.19. The molecule has 1 atom stereocenters. The Labute approximate surface area is 155 Å². The van der Waals surface area contributed by atoms with Gasteiger partial charge < -0.3 is 15.5 Å². The average molecular weight is 353 g/mol. The monoisotopic (exact) mass is 353 g/mol. The number of benzene rings is 2. The first-order valence-electron chi connectivity index (χ1n) is 8.95. The van der Waals surface area contributed by atoms with Gasteiger partial charge in [-0.1, -0.05) is 36.4 Å². The van der Waals surface area contributed by atoms with Crippen molar-refractivity contribution < 1.29 is 9.59 Å². The van der Waals surface area contributed by atoms with E-state index in [2.05, 4.69) is 27.7 Å².